The second kappa shape index (κ2) is 10.7. The minimum absolute atomic E-state index is 0.0357. The lowest BCUT2D eigenvalue weighted by molar-refractivity contribution is -0.139. The van der Waals surface area contributed by atoms with E-state index in [1.165, 1.54) is 0 Å². The van der Waals surface area contributed by atoms with Crippen LogP contribution >= 0.6 is 0 Å². The molecule has 0 spiro atoms. The molecule has 5 rings (SSSR count). The van der Waals surface area contributed by atoms with Gasteiger partial charge in [0.1, 0.15) is 0 Å². The van der Waals surface area contributed by atoms with Crippen LogP contribution in [0.1, 0.15) is 50.2 Å². The number of aliphatic hydroxyl groups is 2. The Labute approximate surface area is 223 Å². The largest absolute Gasteiger partial charge is 0.394 e. The van der Waals surface area contributed by atoms with Crippen LogP contribution in [0, 0.1) is 5.92 Å². The first-order valence-electron chi connectivity index (χ1n) is 13.4. The smallest absolute Gasteiger partial charge is 0.264 e. The summed E-state index contributed by atoms with van der Waals surface area (Å²) in [5.41, 5.74) is 0.862. The molecule has 3 aliphatic heterocycles. The van der Waals surface area contributed by atoms with E-state index in [0.717, 1.165) is 24.8 Å². The van der Waals surface area contributed by atoms with E-state index in [1.807, 2.05) is 42.5 Å². The monoisotopic (exact) mass is 517 g/mol. The zero-order valence-electron chi connectivity index (χ0n) is 21.8. The van der Waals surface area contributed by atoms with Crippen molar-refractivity contribution in [3.05, 3.63) is 71.8 Å². The summed E-state index contributed by atoms with van der Waals surface area (Å²) in [6, 6.07) is 14.9. The van der Waals surface area contributed by atoms with Crippen LogP contribution in [-0.2, 0) is 26.5 Å². The van der Waals surface area contributed by atoms with Gasteiger partial charge in [-0.25, -0.2) is 0 Å². The summed E-state index contributed by atoms with van der Waals surface area (Å²) in [6.45, 7) is 3.28. The first kappa shape index (κ1) is 26.1. The Bertz CT molecular complexity index is 1250. The Morgan fingerprint density at radius 3 is 2.63 bits per heavy atom. The molecule has 8 nitrogen and oxygen atoms in total. The summed E-state index contributed by atoms with van der Waals surface area (Å²) >= 11 is 0. The number of amides is 3. The third kappa shape index (κ3) is 4.63. The number of nitrogens with zero attached hydrogens (tertiary/aromatic N) is 3. The quantitative estimate of drug-likeness (QED) is 0.524. The summed E-state index contributed by atoms with van der Waals surface area (Å²) in [6.07, 6.45) is 6.51. The number of likely N-dealkylation sites (tertiary alicyclic amines) is 1. The van der Waals surface area contributed by atoms with Crippen LogP contribution < -0.4 is 9.80 Å². The van der Waals surface area contributed by atoms with Crippen molar-refractivity contribution in [3.63, 3.8) is 0 Å². The highest BCUT2D eigenvalue weighted by Gasteiger charge is 2.52. The molecule has 8 heteroatoms. The van der Waals surface area contributed by atoms with Crippen molar-refractivity contribution in [1.29, 1.82) is 0 Å². The molecule has 3 atom stereocenters. The molecule has 2 N–H and O–H groups in total. The van der Waals surface area contributed by atoms with E-state index in [4.69, 9.17) is 0 Å². The second-order valence-electron chi connectivity index (χ2n) is 10.5. The molecule has 0 aliphatic carbocycles. The summed E-state index contributed by atoms with van der Waals surface area (Å²) in [7, 11) is 0. The molecule has 2 aromatic carbocycles. The average Bonchev–Trinajstić information content (AvgIpc) is 3.64. The molecule has 38 heavy (non-hydrogen) atoms. The van der Waals surface area contributed by atoms with Crippen molar-refractivity contribution in [2.45, 2.75) is 57.2 Å². The number of fused-ring (bicyclic) bond motifs is 1. The lowest BCUT2D eigenvalue weighted by atomic mass is 9.82. The van der Waals surface area contributed by atoms with Crippen LogP contribution in [0.25, 0.3) is 0 Å². The molecule has 3 amide bonds. The summed E-state index contributed by atoms with van der Waals surface area (Å²) in [5, 5.41) is 21.6. The summed E-state index contributed by atoms with van der Waals surface area (Å²) in [4.78, 5) is 44.0. The fourth-order valence-corrected chi connectivity index (χ4v) is 5.93. The third-order valence-corrected chi connectivity index (χ3v) is 8.11. The van der Waals surface area contributed by atoms with Gasteiger partial charge in [0.05, 0.1) is 24.9 Å². The Kier molecular flexibility index (Phi) is 7.36. The molecular weight excluding hydrogens is 482 g/mol. The number of anilines is 2. The zero-order valence-corrected chi connectivity index (χ0v) is 21.8. The van der Waals surface area contributed by atoms with Crippen LogP contribution in [0.5, 0.6) is 0 Å². The van der Waals surface area contributed by atoms with E-state index in [1.54, 1.807) is 39.8 Å². The molecule has 2 fully saturated rings. The van der Waals surface area contributed by atoms with Gasteiger partial charge in [0, 0.05) is 43.1 Å². The van der Waals surface area contributed by atoms with Gasteiger partial charge in [-0.15, -0.1) is 0 Å². The number of benzene rings is 2. The maximum Gasteiger partial charge on any atom is 0.264 e. The Morgan fingerprint density at radius 1 is 1.13 bits per heavy atom. The minimum atomic E-state index is -1.84. The highest BCUT2D eigenvalue weighted by Crippen LogP contribution is 2.47. The number of aliphatic hydroxyl groups excluding tert-OH is 1. The number of carbonyl (C=O) groups excluding carboxylic acids is 3. The van der Waals surface area contributed by atoms with Crippen molar-refractivity contribution in [2.75, 3.05) is 29.5 Å². The number of hydrogen-bond acceptors (Lipinski definition) is 5. The minimum Gasteiger partial charge on any atom is -0.394 e. The fourth-order valence-electron chi connectivity index (χ4n) is 5.93. The van der Waals surface area contributed by atoms with E-state index >= 15 is 0 Å². The predicted octanol–water partition coefficient (Wildman–Crippen LogP) is 3.11. The molecule has 0 unspecified atom stereocenters. The first-order valence-corrected chi connectivity index (χ1v) is 13.4. The van der Waals surface area contributed by atoms with Crippen molar-refractivity contribution in [3.8, 4) is 0 Å². The predicted molar refractivity (Wildman–Crippen MR) is 144 cm³/mol. The van der Waals surface area contributed by atoms with Gasteiger partial charge in [0.2, 0.25) is 11.8 Å². The van der Waals surface area contributed by atoms with Gasteiger partial charge < -0.3 is 24.9 Å². The Balaban J connectivity index is 1.43. The van der Waals surface area contributed by atoms with Gasteiger partial charge in [-0.2, -0.15) is 0 Å². The number of rotatable bonds is 8. The summed E-state index contributed by atoms with van der Waals surface area (Å²) in [5.74, 6) is -1.09. The van der Waals surface area contributed by atoms with Crippen LogP contribution in [0.15, 0.2) is 60.7 Å². The van der Waals surface area contributed by atoms with E-state index in [0.29, 0.717) is 43.0 Å². The van der Waals surface area contributed by atoms with Crippen molar-refractivity contribution < 1.29 is 24.6 Å². The van der Waals surface area contributed by atoms with E-state index in [-0.39, 0.29) is 30.9 Å². The van der Waals surface area contributed by atoms with Crippen molar-refractivity contribution >= 4 is 29.1 Å². The van der Waals surface area contributed by atoms with E-state index in [9.17, 15) is 24.6 Å². The zero-order chi connectivity index (χ0) is 26.9. The summed E-state index contributed by atoms with van der Waals surface area (Å²) < 4.78 is 0. The lowest BCUT2D eigenvalue weighted by Crippen LogP contribution is -2.44. The fraction of sp³-hybridized carbons (Fsp3) is 0.433. The Morgan fingerprint density at radius 2 is 1.92 bits per heavy atom. The number of carbonyl (C=O) groups is 3. The number of hydrogen-bond donors (Lipinski definition) is 2. The SMILES string of the molecule is C[C@@H](/C=C/CC(=O)N1CCC[C@H]1CO)[C@]1(O)C(=O)N(Cc2ccccc2)c2ccc(N3CCCC3=O)cc21. The average molecular weight is 518 g/mol. The Hall–Kier alpha value is -3.49. The molecule has 0 saturated carbocycles. The molecule has 200 valence electrons. The topological polar surface area (TPSA) is 101 Å². The lowest BCUT2D eigenvalue weighted by Gasteiger charge is -2.28. The van der Waals surface area contributed by atoms with Crippen LogP contribution in [0.3, 0.4) is 0 Å². The molecule has 0 aromatic heterocycles. The molecule has 0 radical (unpaired) electrons. The van der Waals surface area contributed by atoms with Crippen molar-refractivity contribution in [1.82, 2.24) is 4.90 Å². The molecular formula is C30H35N3O5. The highest BCUT2D eigenvalue weighted by atomic mass is 16.3. The first-order chi connectivity index (χ1) is 18.3. The van der Waals surface area contributed by atoms with E-state index < -0.39 is 17.4 Å². The molecule has 3 heterocycles. The van der Waals surface area contributed by atoms with Gasteiger partial charge in [-0.3, -0.25) is 14.4 Å². The molecule has 3 aliphatic rings. The van der Waals surface area contributed by atoms with Crippen LogP contribution in [-0.4, -0.2) is 58.6 Å². The maximum absolute atomic E-state index is 13.9. The van der Waals surface area contributed by atoms with Crippen molar-refractivity contribution in [2.24, 2.45) is 5.92 Å². The van der Waals surface area contributed by atoms with Gasteiger partial charge in [-0.05, 0) is 43.0 Å². The van der Waals surface area contributed by atoms with Gasteiger partial charge in [0.15, 0.2) is 5.60 Å². The second-order valence-corrected chi connectivity index (χ2v) is 10.5. The third-order valence-electron chi connectivity index (χ3n) is 8.11. The molecule has 0 bridgehead atoms. The van der Waals surface area contributed by atoms with Gasteiger partial charge in [0.25, 0.3) is 5.91 Å². The maximum atomic E-state index is 13.9. The standard InChI is InChI=1S/C30H35N3O5/c1-21(8-5-12-27(35)32-16-6-11-24(32)20-34)30(38)25-18-23(31-17-7-13-28(31)36)14-15-26(25)33(29(30)37)19-22-9-3-2-4-10-22/h2-5,8-10,14-15,18,21,24,34,38H,6-7,11-13,16-17,19-20H2,1H3/b8-5+/t21-,24-,30+/m0/s1. The van der Waals surface area contributed by atoms with Crippen LogP contribution in [0.4, 0.5) is 11.4 Å². The van der Waals surface area contributed by atoms with Crippen LogP contribution in [0.2, 0.25) is 0 Å². The highest BCUT2D eigenvalue weighted by molar-refractivity contribution is 6.08. The van der Waals surface area contributed by atoms with Gasteiger partial charge in [-0.1, -0.05) is 49.4 Å². The molecule has 2 saturated heterocycles. The van der Waals surface area contributed by atoms with E-state index in [2.05, 4.69) is 0 Å². The normalized spacial score (nSPS) is 24.1. The van der Waals surface area contributed by atoms with Gasteiger partial charge >= 0.3 is 0 Å². The molecule has 2 aromatic rings.